The zero-order valence-corrected chi connectivity index (χ0v) is 15.6. The first-order valence-electron chi connectivity index (χ1n) is 6.33. The van der Waals surface area contributed by atoms with E-state index in [1.165, 1.54) is 15.9 Å². The monoisotopic (exact) mass is 407 g/mol. The highest BCUT2D eigenvalue weighted by Crippen LogP contribution is 2.35. The molecule has 0 saturated heterocycles. The molecule has 1 aromatic carbocycles. The summed E-state index contributed by atoms with van der Waals surface area (Å²) in [5.74, 6) is 0. The van der Waals surface area contributed by atoms with Crippen LogP contribution in [0.2, 0.25) is 5.02 Å². The van der Waals surface area contributed by atoms with Crippen molar-refractivity contribution in [2.24, 2.45) is 0 Å². The lowest BCUT2D eigenvalue weighted by Gasteiger charge is -2.16. The van der Waals surface area contributed by atoms with E-state index in [4.69, 9.17) is 11.6 Å². The van der Waals surface area contributed by atoms with Gasteiger partial charge >= 0.3 is 0 Å². The maximum Gasteiger partial charge on any atom is 0.252 e. The smallest absolute Gasteiger partial charge is 0.206 e. The molecule has 3 nitrogen and oxygen atoms in total. The van der Waals surface area contributed by atoms with Crippen LogP contribution in [0.15, 0.2) is 38.3 Å². The summed E-state index contributed by atoms with van der Waals surface area (Å²) in [6.45, 7) is 2.42. The van der Waals surface area contributed by atoms with Crippen molar-refractivity contribution in [2.45, 2.75) is 24.1 Å². The largest absolute Gasteiger partial charge is 0.252 e. The van der Waals surface area contributed by atoms with Crippen LogP contribution in [-0.4, -0.2) is 19.8 Å². The van der Waals surface area contributed by atoms with Gasteiger partial charge in [0.15, 0.2) is 0 Å². The standard InChI is InChI=1S/C14H15BrClNO2S2/c1-3-10-4-6-11(7-5-10)9-17(2)21(18,19)13-8-12(16)14(15)20-13/h4-8H,3,9H2,1-2H3. The van der Waals surface area contributed by atoms with Gasteiger partial charge in [0, 0.05) is 13.6 Å². The van der Waals surface area contributed by atoms with Gasteiger partial charge in [-0.2, -0.15) is 4.31 Å². The molecule has 114 valence electrons. The summed E-state index contributed by atoms with van der Waals surface area (Å²) in [5.41, 5.74) is 2.19. The second-order valence-electron chi connectivity index (χ2n) is 4.62. The highest BCUT2D eigenvalue weighted by molar-refractivity contribution is 9.11. The Balaban J connectivity index is 2.19. The number of rotatable bonds is 5. The molecule has 0 bridgehead atoms. The molecule has 7 heteroatoms. The number of sulfonamides is 1. The number of halogens is 2. The van der Waals surface area contributed by atoms with Crippen molar-refractivity contribution in [1.82, 2.24) is 4.31 Å². The van der Waals surface area contributed by atoms with E-state index in [0.717, 1.165) is 23.3 Å². The molecule has 0 unspecified atom stereocenters. The Labute approximate surface area is 142 Å². The number of benzene rings is 1. The summed E-state index contributed by atoms with van der Waals surface area (Å²) >= 11 is 10.3. The van der Waals surface area contributed by atoms with E-state index >= 15 is 0 Å². The average Bonchev–Trinajstić information content (AvgIpc) is 2.80. The SMILES string of the molecule is CCc1ccc(CN(C)S(=O)(=O)c2cc(Cl)c(Br)s2)cc1. The van der Waals surface area contributed by atoms with Gasteiger partial charge in [-0.25, -0.2) is 8.42 Å². The summed E-state index contributed by atoms with van der Waals surface area (Å²) in [6.07, 6.45) is 0.968. The summed E-state index contributed by atoms with van der Waals surface area (Å²) in [6, 6.07) is 9.44. The van der Waals surface area contributed by atoms with Gasteiger partial charge in [-0.15, -0.1) is 11.3 Å². The predicted octanol–water partition coefficient (Wildman–Crippen LogP) is 4.55. The fourth-order valence-electron chi connectivity index (χ4n) is 1.83. The average molecular weight is 409 g/mol. The third-order valence-corrected chi connectivity index (χ3v) is 7.85. The molecule has 0 N–H and O–H groups in total. The van der Waals surface area contributed by atoms with Gasteiger partial charge < -0.3 is 0 Å². The Morgan fingerprint density at radius 2 is 1.81 bits per heavy atom. The van der Waals surface area contributed by atoms with Gasteiger partial charge in [0.2, 0.25) is 0 Å². The van der Waals surface area contributed by atoms with E-state index < -0.39 is 10.0 Å². The van der Waals surface area contributed by atoms with E-state index in [-0.39, 0.29) is 4.21 Å². The van der Waals surface area contributed by atoms with Crippen molar-refractivity contribution in [3.63, 3.8) is 0 Å². The lowest BCUT2D eigenvalue weighted by Crippen LogP contribution is -2.25. The second-order valence-corrected chi connectivity index (χ2v) is 9.67. The summed E-state index contributed by atoms with van der Waals surface area (Å²) in [7, 11) is -1.94. The molecule has 0 radical (unpaired) electrons. The van der Waals surface area contributed by atoms with Gasteiger partial charge in [0.05, 0.1) is 8.81 Å². The van der Waals surface area contributed by atoms with Gasteiger partial charge in [-0.3, -0.25) is 0 Å². The molecular formula is C14H15BrClNO2S2. The summed E-state index contributed by atoms with van der Waals surface area (Å²) < 4.78 is 27.2. The predicted molar refractivity (Wildman–Crippen MR) is 91.5 cm³/mol. The van der Waals surface area contributed by atoms with E-state index in [1.807, 2.05) is 24.3 Å². The quantitative estimate of drug-likeness (QED) is 0.728. The van der Waals surface area contributed by atoms with Crippen LogP contribution in [0.25, 0.3) is 0 Å². The minimum atomic E-state index is -3.52. The Morgan fingerprint density at radius 1 is 1.24 bits per heavy atom. The minimum absolute atomic E-state index is 0.243. The molecular weight excluding hydrogens is 394 g/mol. The Morgan fingerprint density at radius 3 is 2.29 bits per heavy atom. The zero-order valence-electron chi connectivity index (χ0n) is 11.6. The second kappa shape index (κ2) is 6.79. The minimum Gasteiger partial charge on any atom is -0.206 e. The number of hydrogen-bond donors (Lipinski definition) is 0. The number of nitrogens with zero attached hydrogens (tertiary/aromatic N) is 1. The van der Waals surface area contributed by atoms with E-state index in [0.29, 0.717) is 15.4 Å². The first kappa shape index (κ1) is 17.0. The molecule has 0 amide bonds. The van der Waals surface area contributed by atoms with Gasteiger partial charge in [0.25, 0.3) is 10.0 Å². The molecule has 0 fully saturated rings. The van der Waals surface area contributed by atoms with Crippen LogP contribution in [0.1, 0.15) is 18.1 Å². The van der Waals surface area contributed by atoms with Crippen molar-refractivity contribution < 1.29 is 8.42 Å². The topological polar surface area (TPSA) is 37.4 Å². The molecule has 0 saturated carbocycles. The molecule has 2 rings (SSSR count). The van der Waals surface area contributed by atoms with Crippen molar-refractivity contribution in [2.75, 3.05) is 7.05 Å². The fraction of sp³-hybridized carbons (Fsp3) is 0.286. The summed E-state index contributed by atoms with van der Waals surface area (Å²) in [4.78, 5) is 0. The number of hydrogen-bond acceptors (Lipinski definition) is 3. The molecule has 1 aromatic heterocycles. The van der Waals surface area contributed by atoms with Gasteiger partial charge in [-0.05, 0) is 39.5 Å². The van der Waals surface area contributed by atoms with Crippen molar-refractivity contribution in [3.8, 4) is 0 Å². The molecule has 0 aliphatic heterocycles. The van der Waals surface area contributed by atoms with Crippen LogP contribution < -0.4 is 0 Å². The first-order chi connectivity index (χ1) is 9.84. The highest BCUT2D eigenvalue weighted by atomic mass is 79.9. The molecule has 0 aliphatic rings. The number of thiophene rings is 1. The molecule has 0 spiro atoms. The van der Waals surface area contributed by atoms with Crippen molar-refractivity contribution in [1.29, 1.82) is 0 Å². The first-order valence-corrected chi connectivity index (χ1v) is 9.76. The van der Waals surface area contributed by atoms with E-state index in [9.17, 15) is 8.42 Å². The normalized spacial score (nSPS) is 12.0. The summed E-state index contributed by atoms with van der Waals surface area (Å²) in [5, 5.41) is 0.416. The van der Waals surface area contributed by atoms with Crippen LogP contribution in [0.5, 0.6) is 0 Å². The maximum atomic E-state index is 12.5. The van der Waals surface area contributed by atoms with E-state index in [2.05, 4.69) is 22.9 Å². The highest BCUT2D eigenvalue weighted by Gasteiger charge is 2.24. The van der Waals surface area contributed by atoms with Gasteiger partial charge in [0.1, 0.15) is 4.21 Å². The number of aryl methyl sites for hydroxylation is 1. The third-order valence-electron chi connectivity index (χ3n) is 3.12. The molecule has 0 aliphatic carbocycles. The zero-order chi connectivity index (χ0) is 15.6. The molecule has 2 aromatic rings. The fourth-order valence-corrected chi connectivity index (χ4v) is 5.60. The molecule has 0 atom stereocenters. The Hall–Kier alpha value is -0.400. The van der Waals surface area contributed by atoms with Crippen LogP contribution in [0.4, 0.5) is 0 Å². The van der Waals surface area contributed by atoms with Crippen LogP contribution in [0.3, 0.4) is 0 Å². The van der Waals surface area contributed by atoms with Crippen LogP contribution in [0, 0.1) is 0 Å². The Kier molecular flexibility index (Phi) is 5.48. The molecule has 1 heterocycles. The van der Waals surface area contributed by atoms with Crippen molar-refractivity contribution >= 4 is 48.9 Å². The van der Waals surface area contributed by atoms with E-state index in [1.54, 1.807) is 7.05 Å². The van der Waals surface area contributed by atoms with Gasteiger partial charge in [-0.1, -0.05) is 42.8 Å². The lowest BCUT2D eigenvalue weighted by atomic mass is 10.1. The Bertz CT molecular complexity index is 706. The van der Waals surface area contributed by atoms with Crippen LogP contribution >= 0.6 is 38.9 Å². The molecule has 21 heavy (non-hydrogen) atoms. The van der Waals surface area contributed by atoms with Crippen LogP contribution in [-0.2, 0) is 23.0 Å². The third kappa shape index (κ3) is 3.87. The van der Waals surface area contributed by atoms with Crippen molar-refractivity contribution in [3.05, 3.63) is 50.3 Å². The maximum absolute atomic E-state index is 12.5. The lowest BCUT2D eigenvalue weighted by molar-refractivity contribution is 0.468.